The Bertz CT molecular complexity index is 1200. The highest BCUT2D eigenvalue weighted by Crippen LogP contribution is 2.48. The second kappa shape index (κ2) is 10.6. The summed E-state index contributed by atoms with van der Waals surface area (Å²) in [5.74, 6) is -0.431. The Morgan fingerprint density at radius 2 is 1.83 bits per heavy atom. The molecule has 1 aliphatic carbocycles. The zero-order valence-electron chi connectivity index (χ0n) is 20.5. The van der Waals surface area contributed by atoms with Gasteiger partial charge in [0.1, 0.15) is 5.92 Å². The van der Waals surface area contributed by atoms with E-state index in [1.165, 1.54) is 0 Å². The van der Waals surface area contributed by atoms with Gasteiger partial charge in [-0.15, -0.1) is 0 Å². The molecule has 6 nitrogen and oxygen atoms in total. The number of methoxy groups -OCH3 is 2. The molecule has 3 atom stereocenters. The summed E-state index contributed by atoms with van der Waals surface area (Å²) >= 11 is 6.59. The first kappa shape index (κ1) is 25.0. The van der Waals surface area contributed by atoms with Gasteiger partial charge in [0.15, 0.2) is 17.3 Å². The molecule has 35 heavy (non-hydrogen) atoms. The molecule has 0 saturated heterocycles. The van der Waals surface area contributed by atoms with Crippen LogP contribution >= 0.6 is 11.6 Å². The summed E-state index contributed by atoms with van der Waals surface area (Å²) in [4.78, 5) is 31.6. The highest BCUT2D eigenvalue weighted by atomic mass is 35.5. The van der Waals surface area contributed by atoms with Crippen LogP contribution in [-0.4, -0.2) is 38.3 Å². The zero-order chi connectivity index (χ0) is 25.1. The highest BCUT2D eigenvalue weighted by Gasteiger charge is 2.45. The molecule has 0 amide bonds. The van der Waals surface area contributed by atoms with Gasteiger partial charge < -0.3 is 14.2 Å². The van der Waals surface area contributed by atoms with E-state index in [9.17, 15) is 9.59 Å². The number of hydrogen-bond acceptors (Lipinski definition) is 6. The van der Waals surface area contributed by atoms with Crippen molar-refractivity contribution in [1.82, 2.24) is 0 Å². The number of benzene rings is 2. The number of carbonyl (C=O) groups excluding carboxylic acids is 2. The van der Waals surface area contributed by atoms with Crippen molar-refractivity contribution in [2.45, 2.75) is 44.9 Å². The van der Waals surface area contributed by atoms with Crippen LogP contribution in [0.2, 0.25) is 5.02 Å². The first-order valence-electron chi connectivity index (χ1n) is 11.8. The van der Waals surface area contributed by atoms with Crippen LogP contribution in [0.1, 0.15) is 56.1 Å². The fourth-order valence-electron chi connectivity index (χ4n) is 5.06. The number of ketones is 1. The maximum atomic E-state index is 13.7. The molecular formula is C28H30ClNO5. The summed E-state index contributed by atoms with van der Waals surface area (Å²) in [5.41, 5.74) is 3.64. The second-order valence-electron chi connectivity index (χ2n) is 8.90. The molecule has 1 aliphatic heterocycles. The Labute approximate surface area is 210 Å². The van der Waals surface area contributed by atoms with Crippen molar-refractivity contribution in [2.75, 3.05) is 20.8 Å². The van der Waals surface area contributed by atoms with Crippen LogP contribution in [0.4, 0.5) is 0 Å². The van der Waals surface area contributed by atoms with Gasteiger partial charge in [-0.25, -0.2) is 0 Å². The molecule has 0 radical (unpaired) electrons. The van der Waals surface area contributed by atoms with Crippen molar-refractivity contribution in [3.05, 3.63) is 69.9 Å². The van der Waals surface area contributed by atoms with Crippen molar-refractivity contribution >= 4 is 29.1 Å². The summed E-state index contributed by atoms with van der Waals surface area (Å²) in [6.45, 7) is 4.09. The highest BCUT2D eigenvalue weighted by molar-refractivity contribution is 6.31. The SMILES string of the molecule is CCCOC(=O)C1C(C)=NC2=C(C(=O)C[C@H](c3ccc(OC)c(OC)c3)C2)[C@@H]1c1ccccc1Cl. The zero-order valence-corrected chi connectivity index (χ0v) is 21.2. The molecule has 4 rings (SSSR count). The van der Waals surface area contributed by atoms with E-state index in [2.05, 4.69) is 0 Å². The molecule has 2 aliphatic rings. The van der Waals surface area contributed by atoms with Crippen molar-refractivity contribution in [2.24, 2.45) is 10.9 Å². The average Bonchev–Trinajstić information content (AvgIpc) is 2.86. The van der Waals surface area contributed by atoms with Crippen molar-refractivity contribution in [1.29, 1.82) is 0 Å². The second-order valence-corrected chi connectivity index (χ2v) is 9.31. The number of halogens is 1. The van der Waals surface area contributed by atoms with Crippen LogP contribution in [0, 0.1) is 5.92 Å². The number of carbonyl (C=O) groups is 2. The monoisotopic (exact) mass is 495 g/mol. The molecule has 1 heterocycles. The van der Waals surface area contributed by atoms with Crippen LogP contribution in [0.3, 0.4) is 0 Å². The van der Waals surface area contributed by atoms with Gasteiger partial charge in [-0.3, -0.25) is 14.6 Å². The standard InChI is InChI=1S/C28H30ClNO5/c1-5-12-35-28(32)25-16(2)30-21-13-18(17-10-11-23(33-3)24(15-17)34-4)14-22(31)27(21)26(25)19-8-6-7-9-20(19)29/h6-11,15,18,25-26H,5,12-14H2,1-4H3/t18-,25?,26-/m1/s1. The molecular weight excluding hydrogens is 466 g/mol. The van der Waals surface area contributed by atoms with Crippen LogP contribution < -0.4 is 9.47 Å². The van der Waals surface area contributed by atoms with Crippen molar-refractivity contribution < 1.29 is 23.8 Å². The molecule has 2 aromatic rings. The van der Waals surface area contributed by atoms with Gasteiger partial charge in [-0.1, -0.05) is 42.8 Å². The number of nitrogens with zero attached hydrogens (tertiary/aromatic N) is 1. The number of ether oxygens (including phenoxy) is 3. The van der Waals surface area contributed by atoms with E-state index >= 15 is 0 Å². The number of Topliss-reactive ketones (excluding diaryl/α,β-unsaturated/α-hetero) is 1. The van der Waals surface area contributed by atoms with E-state index in [0.717, 1.165) is 11.1 Å². The molecule has 0 aromatic heterocycles. The van der Waals surface area contributed by atoms with Crippen LogP contribution in [0.25, 0.3) is 0 Å². The topological polar surface area (TPSA) is 74.2 Å². The number of esters is 1. The smallest absolute Gasteiger partial charge is 0.315 e. The first-order chi connectivity index (χ1) is 16.9. The molecule has 0 saturated carbocycles. The molecule has 0 N–H and O–H groups in total. The summed E-state index contributed by atoms with van der Waals surface area (Å²) in [5, 5.41) is 0.516. The van der Waals surface area contributed by atoms with E-state index in [-0.39, 0.29) is 17.7 Å². The fourth-order valence-corrected chi connectivity index (χ4v) is 5.32. The van der Waals surface area contributed by atoms with Crippen LogP contribution in [0.15, 0.2) is 58.7 Å². The van der Waals surface area contributed by atoms with Gasteiger partial charge in [-0.05, 0) is 55.0 Å². The Morgan fingerprint density at radius 3 is 2.51 bits per heavy atom. The summed E-state index contributed by atoms with van der Waals surface area (Å²) in [7, 11) is 3.18. The third kappa shape index (κ3) is 4.85. The number of aliphatic imine (C=N–C) groups is 1. The number of hydrogen-bond donors (Lipinski definition) is 0. The lowest BCUT2D eigenvalue weighted by Gasteiger charge is -2.36. The summed E-state index contributed by atoms with van der Waals surface area (Å²) in [6.07, 6.45) is 1.59. The van der Waals surface area contributed by atoms with Gasteiger partial charge in [0.2, 0.25) is 0 Å². The van der Waals surface area contributed by atoms with Crippen LogP contribution in [0.5, 0.6) is 11.5 Å². The van der Waals surface area contributed by atoms with E-state index in [0.29, 0.717) is 59.4 Å². The Morgan fingerprint density at radius 1 is 1.09 bits per heavy atom. The molecule has 1 unspecified atom stereocenters. The lowest BCUT2D eigenvalue weighted by Crippen LogP contribution is -2.38. The molecule has 7 heteroatoms. The van der Waals surface area contributed by atoms with E-state index < -0.39 is 11.8 Å². The van der Waals surface area contributed by atoms with Gasteiger partial charge in [0.05, 0.1) is 20.8 Å². The van der Waals surface area contributed by atoms with E-state index in [1.807, 2.05) is 50.2 Å². The lowest BCUT2D eigenvalue weighted by molar-refractivity contribution is -0.146. The van der Waals surface area contributed by atoms with Gasteiger partial charge in [0, 0.05) is 34.3 Å². The molecule has 0 spiro atoms. The Kier molecular flexibility index (Phi) is 7.60. The minimum Gasteiger partial charge on any atom is -0.493 e. The third-order valence-electron chi connectivity index (χ3n) is 6.71. The largest absolute Gasteiger partial charge is 0.493 e. The van der Waals surface area contributed by atoms with E-state index in [4.69, 9.17) is 30.8 Å². The maximum Gasteiger partial charge on any atom is 0.315 e. The normalized spacial score (nSPS) is 21.8. The average molecular weight is 496 g/mol. The minimum atomic E-state index is -0.693. The van der Waals surface area contributed by atoms with Crippen LogP contribution in [-0.2, 0) is 14.3 Å². The molecule has 0 fully saturated rings. The quantitative estimate of drug-likeness (QED) is 0.448. The maximum absolute atomic E-state index is 13.7. The van der Waals surface area contributed by atoms with Gasteiger partial charge >= 0.3 is 5.97 Å². The summed E-state index contributed by atoms with van der Waals surface area (Å²) in [6, 6.07) is 13.1. The fraction of sp³-hybridized carbons (Fsp3) is 0.393. The Hall–Kier alpha value is -3.12. The molecule has 2 aromatic carbocycles. The summed E-state index contributed by atoms with van der Waals surface area (Å²) < 4.78 is 16.3. The first-order valence-corrected chi connectivity index (χ1v) is 12.2. The van der Waals surface area contributed by atoms with Crippen molar-refractivity contribution in [3.63, 3.8) is 0 Å². The Balaban J connectivity index is 1.77. The lowest BCUT2D eigenvalue weighted by atomic mass is 9.69. The number of rotatable bonds is 7. The minimum absolute atomic E-state index is 0.0273. The molecule has 0 bridgehead atoms. The predicted molar refractivity (Wildman–Crippen MR) is 136 cm³/mol. The van der Waals surface area contributed by atoms with E-state index in [1.54, 1.807) is 20.3 Å². The number of allylic oxidation sites excluding steroid dienone is 2. The predicted octanol–water partition coefficient (Wildman–Crippen LogP) is 5.89. The van der Waals surface area contributed by atoms with Gasteiger partial charge in [-0.2, -0.15) is 0 Å². The van der Waals surface area contributed by atoms with Crippen molar-refractivity contribution in [3.8, 4) is 11.5 Å². The van der Waals surface area contributed by atoms with Gasteiger partial charge in [0.25, 0.3) is 0 Å². The third-order valence-corrected chi connectivity index (χ3v) is 7.05. The molecule has 184 valence electrons.